The van der Waals surface area contributed by atoms with E-state index in [0.717, 1.165) is 5.56 Å². The van der Waals surface area contributed by atoms with Crippen LogP contribution in [0.15, 0.2) is 52.2 Å². The molecule has 0 amide bonds. The normalized spacial score (nSPS) is 17.2. The highest BCUT2D eigenvalue weighted by Crippen LogP contribution is 2.31. The Labute approximate surface area is 134 Å². The Bertz CT molecular complexity index is 790. The van der Waals surface area contributed by atoms with Gasteiger partial charge >= 0.3 is 5.97 Å². The molecule has 1 N–H and O–H groups in total. The number of carboxylic acids is 1. The highest BCUT2D eigenvalue weighted by atomic mass is 32.2. The van der Waals surface area contributed by atoms with Gasteiger partial charge in [0.15, 0.2) is 0 Å². The third-order valence-electron chi connectivity index (χ3n) is 4.19. The Kier molecular flexibility index (Phi) is 4.23. The summed E-state index contributed by atoms with van der Waals surface area (Å²) in [6.45, 7) is 0.824. The van der Waals surface area contributed by atoms with E-state index in [1.54, 1.807) is 18.2 Å². The maximum Gasteiger partial charge on any atom is 0.335 e. The fraction of sp³-hybridized carbons (Fsp3) is 0.312. The summed E-state index contributed by atoms with van der Waals surface area (Å²) in [7, 11) is -3.50. The summed E-state index contributed by atoms with van der Waals surface area (Å²) < 4.78 is 31.2. The van der Waals surface area contributed by atoms with Crippen LogP contribution in [0, 0.1) is 0 Å². The molecule has 0 bridgehead atoms. The maximum atomic E-state index is 12.4. The van der Waals surface area contributed by atoms with Gasteiger partial charge < -0.3 is 9.52 Å². The third-order valence-corrected chi connectivity index (χ3v) is 6.06. The molecule has 1 aromatic heterocycles. The standard InChI is InChI=1S/C16H17NO5S/c18-16(19)14-3-1-2-13(10-14)12-4-7-17(8-5-12)23(20,21)15-6-9-22-11-15/h1-3,6,9-12H,4-5,7-8H2,(H,18,19). The van der Waals surface area contributed by atoms with Crippen LogP contribution < -0.4 is 0 Å². The van der Waals surface area contributed by atoms with Gasteiger partial charge in [0.2, 0.25) is 10.0 Å². The second-order valence-corrected chi connectivity index (χ2v) is 7.51. The largest absolute Gasteiger partial charge is 0.478 e. The van der Waals surface area contributed by atoms with E-state index < -0.39 is 16.0 Å². The molecule has 6 nitrogen and oxygen atoms in total. The number of rotatable bonds is 4. The summed E-state index contributed by atoms with van der Waals surface area (Å²) in [6.07, 6.45) is 3.91. The van der Waals surface area contributed by atoms with Crippen molar-refractivity contribution in [3.05, 3.63) is 54.0 Å². The maximum absolute atomic E-state index is 12.4. The molecular weight excluding hydrogens is 318 g/mol. The van der Waals surface area contributed by atoms with E-state index in [9.17, 15) is 13.2 Å². The van der Waals surface area contributed by atoms with E-state index >= 15 is 0 Å². The number of carboxylic acid groups (broad SMARTS) is 1. The van der Waals surface area contributed by atoms with Gasteiger partial charge in [-0.05, 0) is 42.5 Å². The number of nitrogens with zero attached hydrogens (tertiary/aromatic N) is 1. The fourth-order valence-corrected chi connectivity index (χ4v) is 4.30. The van der Waals surface area contributed by atoms with Crippen molar-refractivity contribution in [3.8, 4) is 0 Å². The van der Waals surface area contributed by atoms with Crippen LogP contribution in [0.3, 0.4) is 0 Å². The van der Waals surface area contributed by atoms with Gasteiger partial charge in [-0.25, -0.2) is 13.2 Å². The second-order valence-electron chi connectivity index (χ2n) is 5.57. The number of hydrogen-bond donors (Lipinski definition) is 1. The zero-order valence-electron chi connectivity index (χ0n) is 12.4. The first-order chi connectivity index (χ1) is 11.0. The quantitative estimate of drug-likeness (QED) is 0.927. The van der Waals surface area contributed by atoms with Gasteiger partial charge in [-0.3, -0.25) is 0 Å². The lowest BCUT2D eigenvalue weighted by molar-refractivity contribution is 0.0696. The average molecular weight is 335 g/mol. The van der Waals surface area contributed by atoms with Crippen LogP contribution in [0.1, 0.15) is 34.7 Å². The van der Waals surface area contributed by atoms with Gasteiger partial charge in [-0.15, -0.1) is 0 Å². The van der Waals surface area contributed by atoms with E-state index in [0.29, 0.717) is 25.9 Å². The van der Waals surface area contributed by atoms with Crippen LogP contribution in [0.5, 0.6) is 0 Å². The Balaban J connectivity index is 1.72. The molecule has 23 heavy (non-hydrogen) atoms. The molecule has 0 atom stereocenters. The average Bonchev–Trinajstić information content (AvgIpc) is 3.10. The molecule has 0 saturated carbocycles. The van der Waals surface area contributed by atoms with Crippen LogP contribution in [0.4, 0.5) is 0 Å². The Hall–Kier alpha value is -2.12. The van der Waals surface area contributed by atoms with Crippen LogP contribution in [-0.4, -0.2) is 36.9 Å². The minimum Gasteiger partial charge on any atom is -0.478 e. The Morgan fingerprint density at radius 1 is 1.22 bits per heavy atom. The molecule has 1 saturated heterocycles. The van der Waals surface area contributed by atoms with Crippen LogP contribution in [0.2, 0.25) is 0 Å². The summed E-state index contributed by atoms with van der Waals surface area (Å²) in [5.41, 5.74) is 1.21. The molecular formula is C16H17NO5S. The molecule has 1 aliphatic rings. The summed E-state index contributed by atoms with van der Waals surface area (Å²) in [4.78, 5) is 11.2. The number of furan rings is 1. The van der Waals surface area contributed by atoms with Gasteiger partial charge in [-0.2, -0.15) is 4.31 Å². The van der Waals surface area contributed by atoms with Crippen molar-refractivity contribution in [2.75, 3.05) is 13.1 Å². The molecule has 0 unspecified atom stereocenters. The fourth-order valence-electron chi connectivity index (χ4n) is 2.90. The molecule has 2 aromatic rings. The molecule has 7 heteroatoms. The first-order valence-electron chi connectivity index (χ1n) is 7.34. The van der Waals surface area contributed by atoms with Crippen molar-refractivity contribution < 1.29 is 22.7 Å². The van der Waals surface area contributed by atoms with Gasteiger partial charge in [0.1, 0.15) is 11.2 Å². The molecule has 2 heterocycles. The van der Waals surface area contributed by atoms with Gasteiger partial charge in [0.05, 0.1) is 11.8 Å². The molecule has 3 rings (SSSR count). The minimum absolute atomic E-state index is 0.170. The summed E-state index contributed by atoms with van der Waals surface area (Å²) in [5, 5.41) is 9.07. The van der Waals surface area contributed by atoms with E-state index in [1.807, 2.05) is 6.07 Å². The smallest absolute Gasteiger partial charge is 0.335 e. The molecule has 0 spiro atoms. The van der Waals surface area contributed by atoms with E-state index in [1.165, 1.54) is 22.9 Å². The van der Waals surface area contributed by atoms with Crippen molar-refractivity contribution in [1.29, 1.82) is 0 Å². The van der Waals surface area contributed by atoms with E-state index in [-0.39, 0.29) is 16.4 Å². The summed E-state index contributed by atoms with van der Waals surface area (Å²) in [5.74, 6) is -0.781. The van der Waals surface area contributed by atoms with Crippen molar-refractivity contribution in [2.24, 2.45) is 0 Å². The van der Waals surface area contributed by atoms with Crippen molar-refractivity contribution in [3.63, 3.8) is 0 Å². The van der Waals surface area contributed by atoms with Crippen molar-refractivity contribution in [2.45, 2.75) is 23.7 Å². The lowest BCUT2D eigenvalue weighted by atomic mass is 9.89. The first kappa shape index (κ1) is 15.8. The zero-order valence-corrected chi connectivity index (χ0v) is 13.2. The molecule has 0 aliphatic carbocycles. The van der Waals surface area contributed by atoms with Crippen LogP contribution in [-0.2, 0) is 10.0 Å². The number of piperidine rings is 1. The van der Waals surface area contributed by atoms with Gasteiger partial charge in [-0.1, -0.05) is 12.1 Å². The summed E-state index contributed by atoms with van der Waals surface area (Å²) in [6, 6.07) is 8.31. The molecule has 0 radical (unpaired) electrons. The number of carbonyl (C=O) groups is 1. The Morgan fingerprint density at radius 2 is 1.96 bits per heavy atom. The van der Waals surface area contributed by atoms with Gasteiger partial charge in [0, 0.05) is 13.1 Å². The zero-order chi connectivity index (χ0) is 16.4. The SMILES string of the molecule is O=C(O)c1cccc(C2CCN(S(=O)(=O)c3ccoc3)CC2)c1. The van der Waals surface area contributed by atoms with Gasteiger partial charge in [0.25, 0.3) is 0 Å². The number of sulfonamides is 1. The first-order valence-corrected chi connectivity index (χ1v) is 8.78. The number of aromatic carboxylic acids is 1. The lowest BCUT2D eigenvalue weighted by Gasteiger charge is -2.31. The van der Waals surface area contributed by atoms with Crippen molar-refractivity contribution >= 4 is 16.0 Å². The Morgan fingerprint density at radius 3 is 2.57 bits per heavy atom. The van der Waals surface area contributed by atoms with Crippen molar-refractivity contribution in [1.82, 2.24) is 4.31 Å². The van der Waals surface area contributed by atoms with Crippen LogP contribution >= 0.6 is 0 Å². The highest BCUT2D eigenvalue weighted by Gasteiger charge is 2.30. The van der Waals surface area contributed by atoms with E-state index in [2.05, 4.69) is 0 Å². The van der Waals surface area contributed by atoms with Crippen LogP contribution in [0.25, 0.3) is 0 Å². The molecule has 1 aliphatic heterocycles. The molecule has 1 aromatic carbocycles. The predicted octanol–water partition coefficient (Wildman–Crippen LogP) is 2.55. The lowest BCUT2D eigenvalue weighted by Crippen LogP contribution is -2.37. The molecule has 1 fully saturated rings. The third kappa shape index (κ3) is 3.16. The predicted molar refractivity (Wildman–Crippen MR) is 82.8 cm³/mol. The van der Waals surface area contributed by atoms with E-state index in [4.69, 9.17) is 9.52 Å². The summed E-state index contributed by atoms with van der Waals surface area (Å²) >= 11 is 0. The minimum atomic E-state index is -3.50. The topological polar surface area (TPSA) is 87.8 Å². The number of hydrogen-bond acceptors (Lipinski definition) is 4. The second kappa shape index (κ2) is 6.17. The molecule has 122 valence electrons. The number of benzene rings is 1. The monoisotopic (exact) mass is 335 g/mol. The highest BCUT2D eigenvalue weighted by molar-refractivity contribution is 7.89.